The number of nitrogens with one attached hydrogen (secondary N) is 1. The third-order valence-electron chi connectivity index (χ3n) is 3.46. The van der Waals surface area contributed by atoms with Gasteiger partial charge in [0.2, 0.25) is 5.91 Å². The van der Waals surface area contributed by atoms with Gasteiger partial charge in [0.15, 0.2) is 0 Å². The fourth-order valence-corrected chi connectivity index (χ4v) is 2.26. The van der Waals surface area contributed by atoms with Crippen molar-refractivity contribution in [2.45, 2.75) is 32.1 Å². The number of carboxylic acid groups (broad SMARTS) is 1. The molecule has 1 fully saturated rings. The molecule has 0 aromatic heterocycles. The van der Waals surface area contributed by atoms with Gasteiger partial charge >= 0.3 is 5.97 Å². The van der Waals surface area contributed by atoms with Gasteiger partial charge < -0.3 is 15.2 Å². The molecule has 19 heavy (non-hydrogen) atoms. The summed E-state index contributed by atoms with van der Waals surface area (Å²) < 4.78 is 5.30. The molecule has 5 heteroatoms. The second-order valence-electron chi connectivity index (χ2n) is 4.87. The first-order valence-corrected chi connectivity index (χ1v) is 6.84. The number of amides is 1. The van der Waals surface area contributed by atoms with Crippen LogP contribution < -0.4 is 5.32 Å². The molecule has 0 bridgehead atoms. The minimum absolute atomic E-state index is 0.0242. The summed E-state index contributed by atoms with van der Waals surface area (Å²) in [6, 6.07) is 0. The third kappa shape index (κ3) is 5.87. The molecule has 1 saturated carbocycles. The third-order valence-corrected chi connectivity index (χ3v) is 3.46. The molecule has 1 rings (SSSR count). The van der Waals surface area contributed by atoms with Crippen LogP contribution in [0.4, 0.5) is 0 Å². The summed E-state index contributed by atoms with van der Waals surface area (Å²) >= 11 is 0. The molecular formula is C14H23NO4. The van der Waals surface area contributed by atoms with Crippen LogP contribution in [0, 0.1) is 11.8 Å². The molecule has 1 amide bonds. The van der Waals surface area contributed by atoms with Crippen LogP contribution in [0.3, 0.4) is 0 Å². The Balaban J connectivity index is 2.10. The minimum atomic E-state index is -0.741. The van der Waals surface area contributed by atoms with Gasteiger partial charge in [-0.3, -0.25) is 9.59 Å². The standard InChI is InChI=1S/C14H23NO4/c1-2-3-9-19-10-8-15-13(16)11-4-6-12(7-5-11)14(17)18/h2,11-12H,1,3-10H2,(H,15,16)(H,17,18). The second kappa shape index (κ2) is 8.69. The Bertz CT molecular complexity index is 309. The van der Waals surface area contributed by atoms with Gasteiger partial charge in [-0.1, -0.05) is 6.08 Å². The first kappa shape index (κ1) is 15.7. The average molecular weight is 269 g/mol. The van der Waals surface area contributed by atoms with Crippen molar-refractivity contribution < 1.29 is 19.4 Å². The van der Waals surface area contributed by atoms with Crippen molar-refractivity contribution in [1.29, 1.82) is 0 Å². The number of ether oxygens (including phenoxy) is 1. The van der Waals surface area contributed by atoms with Crippen molar-refractivity contribution >= 4 is 11.9 Å². The van der Waals surface area contributed by atoms with Gasteiger partial charge in [-0.15, -0.1) is 6.58 Å². The Kier molecular flexibility index (Phi) is 7.18. The van der Waals surface area contributed by atoms with Crippen LogP contribution in [0.5, 0.6) is 0 Å². The Morgan fingerprint density at radius 3 is 2.42 bits per heavy atom. The smallest absolute Gasteiger partial charge is 0.306 e. The number of carboxylic acids is 1. The first-order chi connectivity index (χ1) is 9.15. The van der Waals surface area contributed by atoms with E-state index < -0.39 is 5.97 Å². The molecule has 1 aliphatic carbocycles. The van der Waals surface area contributed by atoms with E-state index in [0.717, 1.165) is 6.42 Å². The molecule has 0 radical (unpaired) electrons. The molecule has 0 aromatic carbocycles. The lowest BCUT2D eigenvalue weighted by Gasteiger charge is -2.25. The molecule has 0 spiro atoms. The van der Waals surface area contributed by atoms with E-state index in [2.05, 4.69) is 11.9 Å². The molecule has 0 saturated heterocycles. The van der Waals surface area contributed by atoms with Crippen LogP contribution in [0.2, 0.25) is 0 Å². The highest BCUT2D eigenvalue weighted by molar-refractivity contribution is 5.79. The topological polar surface area (TPSA) is 75.6 Å². The highest BCUT2D eigenvalue weighted by Crippen LogP contribution is 2.28. The van der Waals surface area contributed by atoms with E-state index >= 15 is 0 Å². The summed E-state index contributed by atoms with van der Waals surface area (Å²) in [6.45, 7) is 5.24. The van der Waals surface area contributed by atoms with Crippen molar-refractivity contribution in [2.75, 3.05) is 19.8 Å². The predicted octanol–water partition coefficient (Wildman–Crippen LogP) is 1.59. The van der Waals surface area contributed by atoms with Crippen molar-refractivity contribution in [3.05, 3.63) is 12.7 Å². The highest BCUT2D eigenvalue weighted by Gasteiger charge is 2.29. The molecular weight excluding hydrogens is 246 g/mol. The maximum Gasteiger partial charge on any atom is 0.306 e. The van der Waals surface area contributed by atoms with E-state index in [1.807, 2.05) is 0 Å². The summed E-state index contributed by atoms with van der Waals surface area (Å²) in [5.74, 6) is -1.03. The Morgan fingerprint density at radius 1 is 1.21 bits per heavy atom. The second-order valence-corrected chi connectivity index (χ2v) is 4.87. The maximum absolute atomic E-state index is 11.8. The zero-order chi connectivity index (χ0) is 14.1. The number of hydrogen-bond acceptors (Lipinski definition) is 3. The molecule has 108 valence electrons. The quantitative estimate of drug-likeness (QED) is 0.518. The molecule has 0 aliphatic heterocycles. The van der Waals surface area contributed by atoms with E-state index in [1.165, 1.54) is 0 Å². The van der Waals surface area contributed by atoms with Gasteiger partial charge in [-0.05, 0) is 32.1 Å². The molecule has 2 N–H and O–H groups in total. The van der Waals surface area contributed by atoms with E-state index in [1.54, 1.807) is 6.08 Å². The summed E-state index contributed by atoms with van der Waals surface area (Å²) in [6.07, 6.45) is 5.14. The zero-order valence-electron chi connectivity index (χ0n) is 11.3. The minimum Gasteiger partial charge on any atom is -0.481 e. The van der Waals surface area contributed by atoms with Crippen LogP contribution >= 0.6 is 0 Å². The number of hydrogen-bond donors (Lipinski definition) is 2. The molecule has 5 nitrogen and oxygen atoms in total. The van der Waals surface area contributed by atoms with Gasteiger partial charge in [-0.2, -0.15) is 0 Å². The van der Waals surface area contributed by atoms with Crippen molar-refractivity contribution in [1.82, 2.24) is 5.32 Å². The van der Waals surface area contributed by atoms with Crippen molar-refractivity contribution in [2.24, 2.45) is 11.8 Å². The number of aliphatic carboxylic acids is 1. The zero-order valence-corrected chi connectivity index (χ0v) is 11.3. The van der Waals surface area contributed by atoms with Crippen molar-refractivity contribution in [3.8, 4) is 0 Å². The normalized spacial score (nSPS) is 22.7. The predicted molar refractivity (Wildman–Crippen MR) is 71.7 cm³/mol. The van der Waals surface area contributed by atoms with E-state index in [0.29, 0.717) is 45.4 Å². The summed E-state index contributed by atoms with van der Waals surface area (Å²) in [5, 5.41) is 11.7. The summed E-state index contributed by atoms with van der Waals surface area (Å²) in [5.41, 5.74) is 0. The van der Waals surface area contributed by atoms with Gasteiger partial charge in [0.25, 0.3) is 0 Å². The number of carbonyl (C=O) groups excluding carboxylic acids is 1. The first-order valence-electron chi connectivity index (χ1n) is 6.84. The Hall–Kier alpha value is -1.36. The number of rotatable bonds is 8. The fourth-order valence-electron chi connectivity index (χ4n) is 2.26. The van der Waals surface area contributed by atoms with E-state index in [9.17, 15) is 9.59 Å². The van der Waals surface area contributed by atoms with Crippen LogP contribution in [0.1, 0.15) is 32.1 Å². The average Bonchev–Trinajstić information content (AvgIpc) is 2.42. The lowest BCUT2D eigenvalue weighted by molar-refractivity contribution is -0.144. The molecule has 0 heterocycles. The van der Waals surface area contributed by atoms with Crippen LogP contribution in [-0.2, 0) is 14.3 Å². The van der Waals surface area contributed by atoms with Gasteiger partial charge in [0.05, 0.1) is 19.1 Å². The van der Waals surface area contributed by atoms with Crippen molar-refractivity contribution in [3.63, 3.8) is 0 Å². The Morgan fingerprint density at radius 2 is 1.84 bits per heavy atom. The fraction of sp³-hybridized carbons (Fsp3) is 0.714. The maximum atomic E-state index is 11.8. The molecule has 0 aromatic rings. The van der Waals surface area contributed by atoms with Gasteiger partial charge in [-0.25, -0.2) is 0 Å². The van der Waals surface area contributed by atoms with Crippen LogP contribution in [-0.4, -0.2) is 36.7 Å². The Labute approximate surface area is 114 Å². The molecule has 0 unspecified atom stereocenters. The summed E-state index contributed by atoms with van der Waals surface area (Å²) in [7, 11) is 0. The highest BCUT2D eigenvalue weighted by atomic mass is 16.5. The largest absolute Gasteiger partial charge is 0.481 e. The van der Waals surface area contributed by atoms with E-state index in [-0.39, 0.29) is 17.7 Å². The molecule has 1 aliphatic rings. The SMILES string of the molecule is C=CCCOCCNC(=O)C1CCC(C(=O)O)CC1. The van der Waals surface area contributed by atoms with E-state index in [4.69, 9.17) is 9.84 Å². The van der Waals surface area contributed by atoms with Crippen LogP contribution in [0.25, 0.3) is 0 Å². The lowest BCUT2D eigenvalue weighted by atomic mass is 9.81. The number of carbonyl (C=O) groups is 2. The lowest BCUT2D eigenvalue weighted by Crippen LogP contribution is -2.36. The molecule has 0 atom stereocenters. The van der Waals surface area contributed by atoms with Gasteiger partial charge in [0, 0.05) is 12.5 Å². The van der Waals surface area contributed by atoms with Gasteiger partial charge in [0.1, 0.15) is 0 Å². The van der Waals surface area contributed by atoms with Crippen LogP contribution in [0.15, 0.2) is 12.7 Å². The summed E-state index contributed by atoms with van der Waals surface area (Å²) in [4.78, 5) is 22.6. The monoisotopic (exact) mass is 269 g/mol.